The Kier molecular flexibility index (Phi) is 7.56. The Hall–Kier alpha value is -3.59. The van der Waals surface area contributed by atoms with Gasteiger partial charge in [-0.25, -0.2) is 4.98 Å². The number of amides is 1. The number of halogens is 1. The standard InChI is InChI=1S/C29H24ClN3O3S2/c1-17-14-22(23(36-3)15-21(17)30)31-24(34)16-37-29-32-27-26(28(35)33(29)20-12-8-5-9-13-20)25(18(2)38-27)19-10-6-4-7-11-19/h4-15H,16H2,1-3H3,(H,31,34). The number of ether oxygens (including phenoxy) is 1. The van der Waals surface area contributed by atoms with E-state index in [1.54, 1.807) is 16.7 Å². The highest BCUT2D eigenvalue weighted by molar-refractivity contribution is 7.99. The number of thiophene rings is 1. The molecule has 3 aromatic carbocycles. The van der Waals surface area contributed by atoms with Gasteiger partial charge < -0.3 is 10.1 Å². The first-order valence-corrected chi connectivity index (χ1v) is 14.0. The van der Waals surface area contributed by atoms with Gasteiger partial charge in [0.05, 0.1) is 29.6 Å². The minimum atomic E-state index is -0.253. The lowest BCUT2D eigenvalue weighted by atomic mass is 10.0. The molecular formula is C29H24ClN3O3S2. The van der Waals surface area contributed by atoms with Gasteiger partial charge in [0.2, 0.25) is 5.91 Å². The Bertz CT molecular complexity index is 1700. The molecule has 5 aromatic rings. The number of nitrogens with one attached hydrogen (secondary N) is 1. The van der Waals surface area contributed by atoms with Gasteiger partial charge in [-0.15, -0.1) is 11.3 Å². The first-order valence-electron chi connectivity index (χ1n) is 11.8. The largest absolute Gasteiger partial charge is 0.495 e. The summed E-state index contributed by atoms with van der Waals surface area (Å²) >= 11 is 8.89. The number of rotatable bonds is 7. The summed E-state index contributed by atoms with van der Waals surface area (Å²) in [6, 6.07) is 22.7. The number of nitrogens with zero attached hydrogens (tertiary/aromatic N) is 2. The van der Waals surface area contributed by atoms with Crippen LogP contribution in [-0.2, 0) is 4.79 Å². The third kappa shape index (κ3) is 5.07. The SMILES string of the molecule is COc1cc(Cl)c(C)cc1NC(=O)CSc1nc2sc(C)c(-c3ccccc3)c2c(=O)n1-c1ccccc1. The van der Waals surface area contributed by atoms with Crippen molar-refractivity contribution in [2.45, 2.75) is 19.0 Å². The molecule has 0 saturated carbocycles. The van der Waals surface area contributed by atoms with Crippen LogP contribution >= 0.6 is 34.7 Å². The average molecular weight is 562 g/mol. The molecule has 5 rings (SSSR count). The quantitative estimate of drug-likeness (QED) is 0.169. The molecular weight excluding hydrogens is 538 g/mol. The van der Waals surface area contributed by atoms with E-state index in [1.165, 1.54) is 30.2 Å². The summed E-state index contributed by atoms with van der Waals surface area (Å²) < 4.78 is 6.96. The Morgan fingerprint density at radius 3 is 2.45 bits per heavy atom. The molecule has 0 fully saturated rings. The second-order valence-corrected chi connectivity index (χ2v) is 11.1. The highest BCUT2D eigenvalue weighted by Gasteiger charge is 2.21. The molecule has 2 aromatic heterocycles. The van der Waals surface area contributed by atoms with E-state index in [0.29, 0.717) is 37.5 Å². The molecule has 9 heteroatoms. The number of methoxy groups -OCH3 is 1. The summed E-state index contributed by atoms with van der Waals surface area (Å²) in [5.74, 6) is 0.268. The molecule has 0 atom stereocenters. The lowest BCUT2D eigenvalue weighted by Crippen LogP contribution is -2.22. The molecule has 2 heterocycles. The van der Waals surface area contributed by atoms with Gasteiger partial charge in [-0.05, 0) is 43.2 Å². The maximum atomic E-state index is 14.0. The molecule has 0 unspecified atom stereocenters. The first-order chi connectivity index (χ1) is 18.4. The van der Waals surface area contributed by atoms with Crippen LogP contribution in [0.5, 0.6) is 5.75 Å². The fourth-order valence-corrected chi connectivity index (χ4v) is 6.30. The Labute approximate surface area is 233 Å². The second kappa shape index (κ2) is 11.0. The summed E-state index contributed by atoms with van der Waals surface area (Å²) in [5.41, 5.74) is 3.75. The van der Waals surface area contributed by atoms with Crippen molar-refractivity contribution in [2.75, 3.05) is 18.2 Å². The van der Waals surface area contributed by atoms with Crippen molar-refractivity contribution in [2.24, 2.45) is 0 Å². The molecule has 0 aliphatic rings. The molecule has 1 N–H and O–H groups in total. The van der Waals surface area contributed by atoms with Crippen molar-refractivity contribution >= 4 is 56.5 Å². The van der Waals surface area contributed by atoms with Gasteiger partial charge in [-0.3, -0.25) is 14.2 Å². The predicted octanol–water partition coefficient (Wildman–Crippen LogP) is 7.12. The molecule has 1 amide bonds. The zero-order chi connectivity index (χ0) is 26.8. The molecule has 0 saturated heterocycles. The highest BCUT2D eigenvalue weighted by Crippen LogP contribution is 2.37. The molecule has 0 radical (unpaired) electrons. The summed E-state index contributed by atoms with van der Waals surface area (Å²) in [6.45, 7) is 3.86. The minimum absolute atomic E-state index is 0.0471. The van der Waals surface area contributed by atoms with Crippen LogP contribution in [0.3, 0.4) is 0 Å². The van der Waals surface area contributed by atoms with E-state index in [9.17, 15) is 9.59 Å². The zero-order valence-electron chi connectivity index (χ0n) is 20.9. The van der Waals surface area contributed by atoms with Gasteiger partial charge in [0.1, 0.15) is 10.6 Å². The van der Waals surface area contributed by atoms with E-state index in [-0.39, 0.29) is 17.2 Å². The monoisotopic (exact) mass is 561 g/mol. The van der Waals surface area contributed by atoms with E-state index in [4.69, 9.17) is 21.3 Å². The number of hydrogen-bond donors (Lipinski definition) is 1. The number of benzene rings is 3. The van der Waals surface area contributed by atoms with E-state index < -0.39 is 0 Å². The van der Waals surface area contributed by atoms with Crippen LogP contribution in [0.15, 0.2) is 82.7 Å². The number of hydrogen-bond acceptors (Lipinski definition) is 6. The van der Waals surface area contributed by atoms with Gasteiger partial charge in [-0.2, -0.15) is 0 Å². The summed E-state index contributed by atoms with van der Waals surface area (Å²) in [7, 11) is 1.52. The zero-order valence-corrected chi connectivity index (χ0v) is 23.3. The number of carbonyl (C=O) groups is 1. The van der Waals surface area contributed by atoms with E-state index in [1.807, 2.05) is 74.5 Å². The van der Waals surface area contributed by atoms with Crippen LogP contribution in [0, 0.1) is 13.8 Å². The fraction of sp³-hybridized carbons (Fsp3) is 0.138. The van der Waals surface area contributed by atoms with Crippen LogP contribution in [0.25, 0.3) is 27.0 Å². The number of aromatic nitrogens is 2. The molecule has 38 heavy (non-hydrogen) atoms. The van der Waals surface area contributed by atoms with E-state index >= 15 is 0 Å². The van der Waals surface area contributed by atoms with Crippen molar-refractivity contribution < 1.29 is 9.53 Å². The van der Waals surface area contributed by atoms with Gasteiger partial charge in [0.25, 0.3) is 5.56 Å². The van der Waals surface area contributed by atoms with Crippen molar-refractivity contribution in [3.63, 3.8) is 0 Å². The van der Waals surface area contributed by atoms with Crippen LogP contribution in [-0.4, -0.2) is 28.3 Å². The Balaban J connectivity index is 1.54. The van der Waals surface area contributed by atoms with Gasteiger partial charge >= 0.3 is 0 Å². The Morgan fingerprint density at radius 1 is 1.08 bits per heavy atom. The van der Waals surface area contributed by atoms with Crippen molar-refractivity contribution in [3.8, 4) is 22.6 Å². The molecule has 192 valence electrons. The molecule has 0 aliphatic heterocycles. The topological polar surface area (TPSA) is 73.2 Å². The van der Waals surface area contributed by atoms with Crippen molar-refractivity contribution in [1.82, 2.24) is 9.55 Å². The average Bonchev–Trinajstić information content (AvgIpc) is 3.26. The summed E-state index contributed by atoms with van der Waals surface area (Å²) in [4.78, 5) is 33.5. The van der Waals surface area contributed by atoms with Crippen molar-refractivity contribution in [3.05, 3.63) is 98.6 Å². The number of fused-ring (bicyclic) bond motifs is 1. The third-order valence-corrected chi connectivity index (χ3v) is 8.38. The lowest BCUT2D eigenvalue weighted by molar-refractivity contribution is -0.113. The lowest BCUT2D eigenvalue weighted by Gasteiger charge is -2.14. The van der Waals surface area contributed by atoms with Crippen LogP contribution in [0.4, 0.5) is 5.69 Å². The third-order valence-electron chi connectivity index (χ3n) is 6.04. The predicted molar refractivity (Wildman–Crippen MR) is 157 cm³/mol. The number of para-hydroxylation sites is 1. The van der Waals surface area contributed by atoms with Crippen molar-refractivity contribution in [1.29, 1.82) is 0 Å². The summed E-state index contributed by atoms with van der Waals surface area (Å²) in [6.07, 6.45) is 0. The molecule has 0 aliphatic carbocycles. The molecule has 6 nitrogen and oxygen atoms in total. The van der Waals surface area contributed by atoms with Gasteiger partial charge in [0, 0.05) is 21.5 Å². The molecule has 0 bridgehead atoms. The molecule has 0 spiro atoms. The normalized spacial score (nSPS) is 11.1. The minimum Gasteiger partial charge on any atom is -0.495 e. The van der Waals surface area contributed by atoms with E-state index in [2.05, 4.69) is 5.32 Å². The fourth-order valence-electron chi connectivity index (χ4n) is 4.24. The summed E-state index contributed by atoms with van der Waals surface area (Å²) in [5, 5.41) is 4.47. The van der Waals surface area contributed by atoms with Gasteiger partial charge in [0.15, 0.2) is 5.16 Å². The number of aryl methyl sites for hydroxylation is 2. The second-order valence-electron chi connectivity index (χ2n) is 8.59. The van der Waals surface area contributed by atoms with Crippen LogP contribution in [0.2, 0.25) is 5.02 Å². The smallest absolute Gasteiger partial charge is 0.268 e. The van der Waals surface area contributed by atoms with E-state index in [0.717, 1.165) is 21.6 Å². The van der Waals surface area contributed by atoms with Gasteiger partial charge in [-0.1, -0.05) is 71.9 Å². The highest BCUT2D eigenvalue weighted by atomic mass is 35.5. The van der Waals surface area contributed by atoms with Crippen LogP contribution < -0.4 is 15.6 Å². The Morgan fingerprint density at radius 2 is 1.76 bits per heavy atom. The number of carbonyl (C=O) groups excluding carboxylic acids is 1. The number of thioether (sulfide) groups is 1. The number of anilines is 1. The maximum absolute atomic E-state index is 14.0. The van der Waals surface area contributed by atoms with Crippen LogP contribution in [0.1, 0.15) is 10.4 Å². The maximum Gasteiger partial charge on any atom is 0.268 e. The first kappa shape index (κ1) is 26.0.